The SMILES string of the molecule is COC=C(C(=O)O)c1cccc2c(C)c(-c3ccc(Oc4ccccc4)cc3)oc12. The van der Waals surface area contributed by atoms with Gasteiger partial charge in [0.05, 0.1) is 13.4 Å². The summed E-state index contributed by atoms with van der Waals surface area (Å²) in [4.78, 5) is 11.7. The second kappa shape index (κ2) is 8.17. The van der Waals surface area contributed by atoms with Crippen LogP contribution in [0.4, 0.5) is 0 Å². The predicted octanol–water partition coefficient (Wildman–Crippen LogP) is 6.27. The van der Waals surface area contributed by atoms with E-state index in [0.717, 1.165) is 28.0 Å². The standard InChI is InChI=1S/C25H20O5/c1-16-20-9-6-10-21(22(15-28-2)25(26)27)24(20)30-23(16)17-11-13-19(14-12-17)29-18-7-4-3-5-8-18/h3-15H,1-2H3,(H,26,27). The molecule has 0 radical (unpaired) electrons. The Morgan fingerprint density at radius 1 is 0.933 bits per heavy atom. The number of rotatable bonds is 6. The second-order valence-corrected chi connectivity index (χ2v) is 6.75. The summed E-state index contributed by atoms with van der Waals surface area (Å²) in [5.41, 5.74) is 2.84. The summed E-state index contributed by atoms with van der Waals surface area (Å²) in [5, 5.41) is 10.4. The lowest BCUT2D eigenvalue weighted by Gasteiger charge is -2.06. The minimum absolute atomic E-state index is 0.0370. The van der Waals surface area contributed by atoms with Gasteiger partial charge >= 0.3 is 5.97 Å². The van der Waals surface area contributed by atoms with E-state index in [1.807, 2.05) is 73.7 Å². The van der Waals surface area contributed by atoms with Crippen LogP contribution in [0, 0.1) is 6.92 Å². The summed E-state index contributed by atoms with van der Waals surface area (Å²) >= 11 is 0. The highest BCUT2D eigenvalue weighted by atomic mass is 16.5. The van der Waals surface area contributed by atoms with Gasteiger partial charge < -0.3 is 19.0 Å². The van der Waals surface area contributed by atoms with Gasteiger partial charge in [-0.25, -0.2) is 4.79 Å². The molecule has 4 aromatic rings. The van der Waals surface area contributed by atoms with Gasteiger partial charge in [-0.3, -0.25) is 0 Å². The van der Waals surface area contributed by atoms with Crippen molar-refractivity contribution in [2.75, 3.05) is 7.11 Å². The average molecular weight is 400 g/mol. The average Bonchev–Trinajstić information content (AvgIpc) is 3.10. The minimum atomic E-state index is -1.08. The number of aliphatic carboxylic acids is 1. The molecule has 4 rings (SSSR count). The Bertz CT molecular complexity index is 1220. The molecule has 150 valence electrons. The summed E-state index contributed by atoms with van der Waals surface area (Å²) in [6.45, 7) is 1.96. The fraction of sp³-hybridized carbons (Fsp3) is 0.0800. The Kier molecular flexibility index (Phi) is 5.26. The van der Waals surface area contributed by atoms with E-state index in [0.29, 0.717) is 16.9 Å². The van der Waals surface area contributed by atoms with Crippen molar-refractivity contribution in [1.82, 2.24) is 0 Å². The van der Waals surface area contributed by atoms with Gasteiger partial charge in [0.25, 0.3) is 0 Å². The predicted molar refractivity (Wildman–Crippen MR) is 116 cm³/mol. The van der Waals surface area contributed by atoms with Crippen LogP contribution in [0.1, 0.15) is 11.1 Å². The highest BCUT2D eigenvalue weighted by Gasteiger charge is 2.20. The highest BCUT2D eigenvalue weighted by Crippen LogP contribution is 2.37. The number of hydrogen-bond donors (Lipinski definition) is 1. The first-order chi connectivity index (χ1) is 14.6. The summed E-state index contributed by atoms with van der Waals surface area (Å²) in [6.07, 6.45) is 1.21. The van der Waals surface area contributed by atoms with Crippen molar-refractivity contribution in [2.24, 2.45) is 0 Å². The number of fused-ring (bicyclic) bond motifs is 1. The largest absolute Gasteiger partial charge is 0.503 e. The molecule has 0 unspecified atom stereocenters. The number of hydrogen-bond acceptors (Lipinski definition) is 4. The van der Waals surface area contributed by atoms with Gasteiger partial charge in [-0.1, -0.05) is 36.4 Å². The topological polar surface area (TPSA) is 68.9 Å². The van der Waals surface area contributed by atoms with Gasteiger partial charge in [0.2, 0.25) is 0 Å². The fourth-order valence-corrected chi connectivity index (χ4v) is 3.38. The Morgan fingerprint density at radius 3 is 2.30 bits per heavy atom. The molecule has 0 spiro atoms. The molecule has 1 heterocycles. The molecule has 0 saturated heterocycles. The van der Waals surface area contributed by atoms with Gasteiger partial charge in [0.1, 0.15) is 28.4 Å². The Balaban J connectivity index is 1.73. The van der Waals surface area contributed by atoms with E-state index in [4.69, 9.17) is 13.9 Å². The number of benzene rings is 3. The van der Waals surface area contributed by atoms with Crippen LogP contribution in [0.25, 0.3) is 27.9 Å². The maximum Gasteiger partial charge on any atom is 0.339 e. The molecule has 0 aliphatic heterocycles. The Hall–Kier alpha value is -3.99. The quantitative estimate of drug-likeness (QED) is 0.305. The van der Waals surface area contributed by atoms with E-state index < -0.39 is 5.97 Å². The van der Waals surface area contributed by atoms with Crippen molar-refractivity contribution >= 4 is 22.5 Å². The van der Waals surface area contributed by atoms with Gasteiger partial charge in [0.15, 0.2) is 0 Å². The smallest absolute Gasteiger partial charge is 0.339 e. The van der Waals surface area contributed by atoms with Crippen molar-refractivity contribution < 1.29 is 23.8 Å². The monoisotopic (exact) mass is 400 g/mol. The Labute approximate surface area is 173 Å². The van der Waals surface area contributed by atoms with Crippen molar-refractivity contribution in [2.45, 2.75) is 6.92 Å². The van der Waals surface area contributed by atoms with Crippen LogP contribution in [0.2, 0.25) is 0 Å². The number of aryl methyl sites for hydroxylation is 1. The molecule has 0 saturated carbocycles. The molecule has 30 heavy (non-hydrogen) atoms. The van der Waals surface area contributed by atoms with Crippen LogP contribution < -0.4 is 4.74 Å². The zero-order valence-electron chi connectivity index (χ0n) is 16.6. The number of carbonyl (C=O) groups is 1. The molecule has 1 aromatic heterocycles. The third-order valence-electron chi connectivity index (χ3n) is 4.82. The van der Waals surface area contributed by atoms with Crippen molar-refractivity contribution in [3.8, 4) is 22.8 Å². The molecule has 3 aromatic carbocycles. The van der Waals surface area contributed by atoms with Gasteiger partial charge in [0, 0.05) is 22.1 Å². The van der Waals surface area contributed by atoms with Gasteiger partial charge in [-0.2, -0.15) is 0 Å². The van der Waals surface area contributed by atoms with Crippen LogP contribution in [0.15, 0.2) is 83.5 Å². The first kappa shape index (κ1) is 19.3. The molecule has 0 fully saturated rings. The third-order valence-corrected chi connectivity index (χ3v) is 4.82. The van der Waals surface area contributed by atoms with E-state index in [9.17, 15) is 9.90 Å². The van der Waals surface area contributed by atoms with Crippen molar-refractivity contribution in [1.29, 1.82) is 0 Å². The number of methoxy groups -OCH3 is 1. The lowest BCUT2D eigenvalue weighted by Crippen LogP contribution is -2.00. The second-order valence-electron chi connectivity index (χ2n) is 6.75. The van der Waals surface area contributed by atoms with Crippen LogP contribution in [-0.2, 0) is 9.53 Å². The highest BCUT2D eigenvalue weighted by molar-refractivity contribution is 6.18. The zero-order valence-corrected chi connectivity index (χ0v) is 16.6. The van der Waals surface area contributed by atoms with Crippen molar-refractivity contribution in [3.05, 3.63) is 90.2 Å². The third kappa shape index (κ3) is 3.65. The first-order valence-electron chi connectivity index (χ1n) is 9.40. The molecule has 5 nitrogen and oxygen atoms in total. The molecule has 5 heteroatoms. The molecular formula is C25H20O5. The summed E-state index contributed by atoms with van der Waals surface area (Å²) in [5.74, 6) is 1.09. The number of furan rings is 1. The maximum atomic E-state index is 11.7. The van der Waals surface area contributed by atoms with Crippen LogP contribution in [-0.4, -0.2) is 18.2 Å². The van der Waals surface area contributed by atoms with E-state index in [-0.39, 0.29) is 5.57 Å². The van der Waals surface area contributed by atoms with E-state index >= 15 is 0 Å². The number of ether oxygens (including phenoxy) is 2. The molecule has 0 atom stereocenters. The Morgan fingerprint density at radius 2 is 1.63 bits per heavy atom. The summed E-state index contributed by atoms with van der Waals surface area (Å²) in [7, 11) is 1.42. The number of carboxylic acids is 1. The first-order valence-corrected chi connectivity index (χ1v) is 9.40. The zero-order chi connectivity index (χ0) is 21.1. The van der Waals surface area contributed by atoms with Crippen molar-refractivity contribution in [3.63, 3.8) is 0 Å². The summed E-state index contributed by atoms with van der Waals surface area (Å²) in [6, 6.07) is 22.6. The maximum absolute atomic E-state index is 11.7. The minimum Gasteiger partial charge on any atom is -0.503 e. The number of carboxylic acid groups (broad SMARTS) is 1. The normalized spacial score (nSPS) is 11.5. The van der Waals surface area contributed by atoms with E-state index in [1.165, 1.54) is 13.4 Å². The van der Waals surface area contributed by atoms with Gasteiger partial charge in [-0.15, -0.1) is 0 Å². The lowest BCUT2D eigenvalue weighted by atomic mass is 10.0. The molecule has 0 aliphatic carbocycles. The number of para-hydroxylation sites is 2. The molecule has 0 amide bonds. The van der Waals surface area contributed by atoms with Gasteiger partial charge in [-0.05, 0) is 43.3 Å². The molecule has 0 bridgehead atoms. The van der Waals surface area contributed by atoms with E-state index in [2.05, 4.69) is 0 Å². The molecule has 0 aliphatic rings. The molecular weight excluding hydrogens is 380 g/mol. The lowest BCUT2D eigenvalue weighted by molar-refractivity contribution is -0.130. The molecule has 1 N–H and O–H groups in total. The van der Waals surface area contributed by atoms with Crippen LogP contribution in [0.3, 0.4) is 0 Å². The summed E-state index contributed by atoms with van der Waals surface area (Å²) < 4.78 is 16.9. The van der Waals surface area contributed by atoms with Crippen LogP contribution >= 0.6 is 0 Å². The van der Waals surface area contributed by atoms with E-state index in [1.54, 1.807) is 6.07 Å². The van der Waals surface area contributed by atoms with Crippen LogP contribution in [0.5, 0.6) is 11.5 Å². The fourth-order valence-electron chi connectivity index (χ4n) is 3.38.